The van der Waals surface area contributed by atoms with Crippen LogP contribution in [0.15, 0.2) is 18.2 Å². The van der Waals surface area contributed by atoms with E-state index in [4.69, 9.17) is 4.74 Å². The van der Waals surface area contributed by atoms with Crippen molar-refractivity contribution in [3.05, 3.63) is 33.3 Å². The molecule has 0 spiro atoms. The third-order valence-corrected chi connectivity index (χ3v) is 4.03. The molecule has 1 N–H and O–H groups in total. The Bertz CT molecular complexity index is 609. The molecule has 0 radical (unpaired) electrons. The number of benzene rings is 1. The molecule has 0 aliphatic heterocycles. The van der Waals surface area contributed by atoms with Crippen LogP contribution >= 0.6 is 22.6 Å². The maximum Gasteiger partial charge on any atom is 0.165 e. The van der Waals surface area contributed by atoms with Gasteiger partial charge in [0.2, 0.25) is 0 Å². The Labute approximate surface area is 130 Å². The van der Waals surface area contributed by atoms with Gasteiger partial charge in [0, 0.05) is 12.6 Å². The van der Waals surface area contributed by atoms with Crippen LogP contribution in [-0.2, 0) is 6.42 Å². The number of hydrogen-bond donors (Lipinski definition) is 1. The Balaban J connectivity index is 2.57. The van der Waals surface area contributed by atoms with E-state index in [1.807, 2.05) is 14.0 Å². The molecule has 20 heavy (non-hydrogen) atoms. The van der Waals surface area contributed by atoms with Crippen molar-refractivity contribution in [3.8, 4) is 17.1 Å². The van der Waals surface area contributed by atoms with Crippen LogP contribution in [0.2, 0.25) is 0 Å². The van der Waals surface area contributed by atoms with E-state index in [1.54, 1.807) is 12.1 Å². The molecule has 0 unspecified atom stereocenters. The molecule has 0 amide bonds. The molecule has 0 aliphatic carbocycles. The molecular formula is C14H15FIN3O. The third kappa shape index (κ3) is 2.84. The normalized spacial score (nSPS) is 10.4. The summed E-state index contributed by atoms with van der Waals surface area (Å²) < 4.78 is 19.5. The molecule has 0 fully saturated rings. The first-order valence-electron chi connectivity index (χ1n) is 6.18. The standard InChI is InChI=1S/C14H15FIN3O/c1-4-10-12(16)14(17-2)19-13(18-10)8-5-6-9(15)11(7-8)20-3/h5-7H,4H2,1-3H3,(H,17,18,19). The number of methoxy groups -OCH3 is 1. The van der Waals surface area contributed by atoms with Crippen molar-refractivity contribution >= 4 is 28.4 Å². The van der Waals surface area contributed by atoms with Gasteiger partial charge in [-0.05, 0) is 47.2 Å². The fraction of sp³-hybridized carbons (Fsp3) is 0.286. The monoisotopic (exact) mass is 387 g/mol. The lowest BCUT2D eigenvalue weighted by atomic mass is 10.2. The van der Waals surface area contributed by atoms with Crippen molar-refractivity contribution in [3.63, 3.8) is 0 Å². The summed E-state index contributed by atoms with van der Waals surface area (Å²) in [6, 6.07) is 4.62. The summed E-state index contributed by atoms with van der Waals surface area (Å²) in [6.07, 6.45) is 0.806. The predicted molar refractivity (Wildman–Crippen MR) is 85.6 cm³/mol. The predicted octanol–water partition coefficient (Wildman–Crippen LogP) is 3.50. The van der Waals surface area contributed by atoms with Crippen molar-refractivity contribution in [1.29, 1.82) is 0 Å². The third-order valence-electron chi connectivity index (χ3n) is 2.90. The van der Waals surface area contributed by atoms with Crippen LogP contribution in [0.3, 0.4) is 0 Å². The Morgan fingerprint density at radius 3 is 2.70 bits per heavy atom. The highest BCUT2D eigenvalue weighted by Crippen LogP contribution is 2.27. The van der Waals surface area contributed by atoms with Gasteiger partial charge >= 0.3 is 0 Å². The van der Waals surface area contributed by atoms with Crippen LogP contribution in [-0.4, -0.2) is 24.1 Å². The molecule has 4 nitrogen and oxygen atoms in total. The number of halogens is 2. The summed E-state index contributed by atoms with van der Waals surface area (Å²) in [5.74, 6) is 1.13. The Morgan fingerprint density at radius 2 is 2.10 bits per heavy atom. The van der Waals surface area contributed by atoms with Crippen LogP contribution in [0.1, 0.15) is 12.6 Å². The molecule has 2 rings (SSSR count). The summed E-state index contributed by atoms with van der Waals surface area (Å²) in [5, 5.41) is 3.06. The zero-order chi connectivity index (χ0) is 14.7. The molecule has 1 aromatic heterocycles. The lowest BCUT2D eigenvalue weighted by molar-refractivity contribution is 0.387. The van der Waals surface area contributed by atoms with Crippen LogP contribution in [0.25, 0.3) is 11.4 Å². The van der Waals surface area contributed by atoms with Crippen LogP contribution in [0.5, 0.6) is 5.75 Å². The minimum absolute atomic E-state index is 0.189. The number of hydrogen-bond acceptors (Lipinski definition) is 4. The van der Waals surface area contributed by atoms with Crippen LogP contribution < -0.4 is 10.1 Å². The SMILES string of the molecule is CCc1nc(-c2ccc(F)c(OC)c2)nc(NC)c1I. The number of nitrogens with one attached hydrogen (secondary N) is 1. The molecule has 6 heteroatoms. The van der Waals surface area contributed by atoms with Gasteiger partial charge in [-0.25, -0.2) is 14.4 Å². The molecule has 0 saturated carbocycles. The molecule has 0 bridgehead atoms. The smallest absolute Gasteiger partial charge is 0.165 e. The summed E-state index contributed by atoms with van der Waals surface area (Å²) in [4.78, 5) is 9.01. The van der Waals surface area contributed by atoms with Gasteiger partial charge in [-0.1, -0.05) is 6.92 Å². The van der Waals surface area contributed by atoms with E-state index in [2.05, 4.69) is 37.9 Å². The number of rotatable bonds is 4. The largest absolute Gasteiger partial charge is 0.494 e. The average Bonchev–Trinajstić information content (AvgIpc) is 2.48. The number of ether oxygens (including phenoxy) is 1. The van der Waals surface area contributed by atoms with Gasteiger partial charge in [0.25, 0.3) is 0 Å². The lowest BCUT2D eigenvalue weighted by Gasteiger charge is -2.11. The number of anilines is 1. The number of aromatic nitrogens is 2. The second-order valence-electron chi connectivity index (χ2n) is 4.11. The zero-order valence-electron chi connectivity index (χ0n) is 11.5. The van der Waals surface area contributed by atoms with Crippen molar-refractivity contribution in [2.24, 2.45) is 0 Å². The average molecular weight is 387 g/mol. The topological polar surface area (TPSA) is 47.0 Å². The highest BCUT2D eigenvalue weighted by Gasteiger charge is 2.13. The maximum absolute atomic E-state index is 13.5. The molecular weight excluding hydrogens is 372 g/mol. The summed E-state index contributed by atoms with van der Waals surface area (Å²) >= 11 is 2.22. The minimum Gasteiger partial charge on any atom is -0.494 e. The summed E-state index contributed by atoms with van der Waals surface area (Å²) in [5.41, 5.74) is 1.69. The van der Waals surface area contributed by atoms with Crippen LogP contribution in [0.4, 0.5) is 10.2 Å². The van der Waals surface area contributed by atoms with Crippen molar-refractivity contribution in [1.82, 2.24) is 9.97 Å². The fourth-order valence-corrected chi connectivity index (χ4v) is 2.71. The van der Waals surface area contributed by atoms with Crippen molar-refractivity contribution < 1.29 is 9.13 Å². The van der Waals surface area contributed by atoms with Gasteiger partial charge in [0.15, 0.2) is 17.4 Å². The molecule has 1 aromatic carbocycles. The van der Waals surface area contributed by atoms with Gasteiger partial charge in [0.1, 0.15) is 5.82 Å². The first kappa shape index (κ1) is 15.0. The maximum atomic E-state index is 13.5. The first-order valence-corrected chi connectivity index (χ1v) is 7.26. The number of nitrogens with zero attached hydrogens (tertiary/aromatic N) is 2. The highest BCUT2D eigenvalue weighted by atomic mass is 127. The Morgan fingerprint density at radius 1 is 1.35 bits per heavy atom. The van der Waals surface area contributed by atoms with Crippen molar-refractivity contribution in [2.75, 3.05) is 19.5 Å². The fourth-order valence-electron chi connectivity index (χ4n) is 1.82. The highest BCUT2D eigenvalue weighted by molar-refractivity contribution is 14.1. The van der Waals surface area contributed by atoms with E-state index >= 15 is 0 Å². The van der Waals surface area contributed by atoms with Crippen LogP contribution in [0, 0.1) is 9.39 Å². The van der Waals surface area contributed by atoms with E-state index in [0.29, 0.717) is 5.82 Å². The molecule has 1 heterocycles. The molecule has 0 atom stereocenters. The molecule has 0 saturated heterocycles. The second kappa shape index (κ2) is 6.34. The first-order chi connectivity index (χ1) is 9.60. The molecule has 2 aromatic rings. The Kier molecular flexibility index (Phi) is 4.74. The second-order valence-corrected chi connectivity index (χ2v) is 5.19. The minimum atomic E-state index is -0.397. The summed E-state index contributed by atoms with van der Waals surface area (Å²) in [6.45, 7) is 2.04. The van der Waals surface area contributed by atoms with Crippen molar-refractivity contribution in [2.45, 2.75) is 13.3 Å². The van der Waals surface area contributed by atoms with Gasteiger partial charge in [-0.15, -0.1) is 0 Å². The lowest BCUT2D eigenvalue weighted by Crippen LogP contribution is -2.05. The van der Waals surface area contributed by atoms with Gasteiger partial charge in [0.05, 0.1) is 16.4 Å². The molecule has 106 valence electrons. The molecule has 0 aliphatic rings. The van der Waals surface area contributed by atoms with E-state index in [0.717, 1.165) is 27.1 Å². The van der Waals surface area contributed by atoms with E-state index in [-0.39, 0.29) is 5.75 Å². The quantitative estimate of drug-likeness (QED) is 0.816. The van der Waals surface area contributed by atoms with E-state index in [1.165, 1.54) is 13.2 Å². The zero-order valence-corrected chi connectivity index (χ0v) is 13.7. The van der Waals surface area contributed by atoms with Gasteiger partial charge in [-0.2, -0.15) is 0 Å². The Hall–Kier alpha value is -1.44. The van der Waals surface area contributed by atoms with E-state index < -0.39 is 5.82 Å². The van der Waals surface area contributed by atoms with E-state index in [9.17, 15) is 4.39 Å². The van der Waals surface area contributed by atoms with Gasteiger partial charge in [-0.3, -0.25) is 0 Å². The number of aryl methyl sites for hydroxylation is 1. The van der Waals surface area contributed by atoms with Gasteiger partial charge < -0.3 is 10.1 Å². The summed E-state index contributed by atoms with van der Waals surface area (Å²) in [7, 11) is 3.26.